The summed E-state index contributed by atoms with van der Waals surface area (Å²) in [5.74, 6) is -1.74. The molecule has 1 amide bonds. The van der Waals surface area contributed by atoms with Gasteiger partial charge in [0.15, 0.2) is 11.5 Å². The van der Waals surface area contributed by atoms with Crippen molar-refractivity contribution in [2.24, 2.45) is 7.05 Å². The summed E-state index contributed by atoms with van der Waals surface area (Å²) in [6.45, 7) is 4.99. The fourth-order valence-electron chi connectivity index (χ4n) is 2.68. The summed E-state index contributed by atoms with van der Waals surface area (Å²) in [4.78, 5) is 36.9. The van der Waals surface area contributed by atoms with Crippen LogP contribution in [0.15, 0.2) is 33.5 Å². The molecule has 1 N–H and O–H groups in total. The van der Waals surface area contributed by atoms with E-state index in [1.54, 1.807) is 18.7 Å². The van der Waals surface area contributed by atoms with E-state index >= 15 is 0 Å². The van der Waals surface area contributed by atoms with Crippen LogP contribution in [-0.4, -0.2) is 27.8 Å². The fourth-order valence-corrected chi connectivity index (χ4v) is 2.85. The van der Waals surface area contributed by atoms with Gasteiger partial charge in [0.25, 0.3) is 5.91 Å². The number of hydrogen-bond acceptors (Lipinski definition) is 6. The van der Waals surface area contributed by atoms with Crippen LogP contribution in [0.4, 0.5) is 5.69 Å². The number of fused-ring (bicyclic) bond motifs is 1. The Hall–Kier alpha value is -3.13. The number of carbonyl (C=O) groups excluding carboxylic acids is 2. The minimum Gasteiger partial charge on any atom is -0.449 e. The second kappa shape index (κ2) is 7.47. The second-order valence-corrected chi connectivity index (χ2v) is 6.76. The molecule has 0 saturated heterocycles. The van der Waals surface area contributed by atoms with Gasteiger partial charge in [0.1, 0.15) is 5.58 Å². The number of esters is 1. The lowest BCUT2D eigenvalue weighted by molar-refractivity contribution is -0.123. The maximum absolute atomic E-state index is 12.4. The van der Waals surface area contributed by atoms with E-state index in [1.807, 2.05) is 6.92 Å². The van der Waals surface area contributed by atoms with Gasteiger partial charge in [0.05, 0.1) is 22.5 Å². The lowest BCUT2D eigenvalue weighted by atomic mass is 10.2. The number of nitrogens with one attached hydrogen (secondary N) is 1. The molecule has 3 aromatic rings. The monoisotopic (exact) mass is 403 g/mol. The molecule has 0 unspecified atom stereocenters. The molecule has 28 heavy (non-hydrogen) atoms. The van der Waals surface area contributed by atoms with Crippen LogP contribution in [0, 0.1) is 13.8 Å². The quantitative estimate of drug-likeness (QED) is 0.671. The van der Waals surface area contributed by atoms with Crippen LogP contribution in [0.5, 0.6) is 0 Å². The number of amides is 1. The van der Waals surface area contributed by atoms with E-state index in [0.29, 0.717) is 16.4 Å². The Bertz CT molecular complexity index is 1150. The van der Waals surface area contributed by atoms with Crippen molar-refractivity contribution in [1.82, 2.24) is 9.78 Å². The highest BCUT2D eigenvalue weighted by Crippen LogP contribution is 2.20. The standard InChI is InChI=1S/C19H18ClN3O5/c1-9-17(10(2)23(4)22-9)21-18(25)11(3)27-19(26)16-8-14(24)13-7-12(20)5-6-15(13)28-16/h5-8,11H,1-4H3,(H,21,25)/t11-/m0/s1. The molecule has 9 heteroatoms. The molecule has 2 heterocycles. The summed E-state index contributed by atoms with van der Waals surface area (Å²) in [5.41, 5.74) is 1.73. The first-order valence-corrected chi connectivity index (χ1v) is 8.80. The predicted molar refractivity (Wildman–Crippen MR) is 104 cm³/mol. The summed E-state index contributed by atoms with van der Waals surface area (Å²) < 4.78 is 12.2. The van der Waals surface area contributed by atoms with E-state index in [4.69, 9.17) is 20.8 Å². The molecule has 3 rings (SSSR count). The Labute approximate surface area is 165 Å². The molecule has 1 atom stereocenters. The van der Waals surface area contributed by atoms with Gasteiger partial charge in [-0.3, -0.25) is 14.3 Å². The Morgan fingerprint density at radius 3 is 2.64 bits per heavy atom. The third-order valence-corrected chi connectivity index (χ3v) is 4.54. The minimum atomic E-state index is -1.11. The number of rotatable bonds is 4. The van der Waals surface area contributed by atoms with Crippen LogP contribution >= 0.6 is 11.6 Å². The number of carbonyl (C=O) groups is 2. The zero-order valence-electron chi connectivity index (χ0n) is 15.7. The number of halogens is 1. The molecule has 0 aliphatic rings. The van der Waals surface area contributed by atoms with Crippen molar-refractivity contribution < 1.29 is 18.7 Å². The van der Waals surface area contributed by atoms with E-state index in [1.165, 1.54) is 25.1 Å². The van der Waals surface area contributed by atoms with Crippen LogP contribution in [0.1, 0.15) is 28.9 Å². The zero-order chi connectivity index (χ0) is 20.6. The number of aromatic nitrogens is 2. The number of anilines is 1. The van der Waals surface area contributed by atoms with Gasteiger partial charge in [-0.1, -0.05) is 11.6 Å². The van der Waals surface area contributed by atoms with Crippen LogP contribution in [-0.2, 0) is 16.6 Å². The van der Waals surface area contributed by atoms with Crippen molar-refractivity contribution in [2.45, 2.75) is 26.9 Å². The molecule has 0 aliphatic heterocycles. The van der Waals surface area contributed by atoms with E-state index < -0.39 is 23.4 Å². The van der Waals surface area contributed by atoms with Crippen molar-refractivity contribution in [2.75, 3.05) is 5.32 Å². The number of hydrogen-bond donors (Lipinski definition) is 1. The molecule has 0 spiro atoms. The van der Waals surface area contributed by atoms with Crippen LogP contribution in [0.25, 0.3) is 11.0 Å². The van der Waals surface area contributed by atoms with Crippen molar-refractivity contribution in [3.8, 4) is 0 Å². The van der Waals surface area contributed by atoms with Gasteiger partial charge in [0.2, 0.25) is 5.76 Å². The van der Waals surface area contributed by atoms with Gasteiger partial charge in [-0.15, -0.1) is 0 Å². The largest absolute Gasteiger partial charge is 0.449 e. The summed E-state index contributed by atoms with van der Waals surface area (Å²) in [6, 6.07) is 5.49. The Balaban J connectivity index is 1.76. The molecule has 0 saturated carbocycles. The number of aryl methyl sites for hydroxylation is 2. The van der Waals surface area contributed by atoms with Crippen LogP contribution in [0.2, 0.25) is 5.02 Å². The first-order chi connectivity index (χ1) is 13.2. The third-order valence-electron chi connectivity index (χ3n) is 4.30. The lowest BCUT2D eigenvalue weighted by Gasteiger charge is -2.13. The molecule has 8 nitrogen and oxygen atoms in total. The van der Waals surface area contributed by atoms with Crippen molar-refractivity contribution in [1.29, 1.82) is 0 Å². The SMILES string of the molecule is Cc1nn(C)c(C)c1NC(=O)[C@H](C)OC(=O)c1cc(=O)c2cc(Cl)ccc2o1. The van der Waals surface area contributed by atoms with E-state index in [-0.39, 0.29) is 16.7 Å². The molecular formula is C19H18ClN3O5. The number of benzene rings is 1. The average Bonchev–Trinajstić information content (AvgIpc) is 2.88. The number of nitrogens with zero attached hydrogens (tertiary/aromatic N) is 2. The van der Waals surface area contributed by atoms with Crippen molar-refractivity contribution in [3.63, 3.8) is 0 Å². The van der Waals surface area contributed by atoms with Gasteiger partial charge in [-0.05, 0) is 39.0 Å². The molecule has 1 aromatic carbocycles. The van der Waals surface area contributed by atoms with Gasteiger partial charge in [0, 0.05) is 18.1 Å². The predicted octanol–water partition coefficient (Wildman–Crippen LogP) is 2.98. The highest BCUT2D eigenvalue weighted by Gasteiger charge is 2.23. The van der Waals surface area contributed by atoms with Crippen LogP contribution in [0.3, 0.4) is 0 Å². The maximum atomic E-state index is 12.4. The van der Waals surface area contributed by atoms with E-state index in [9.17, 15) is 14.4 Å². The molecule has 0 aliphatic carbocycles. The van der Waals surface area contributed by atoms with Gasteiger partial charge < -0.3 is 14.5 Å². The minimum absolute atomic E-state index is 0.197. The smallest absolute Gasteiger partial charge is 0.375 e. The maximum Gasteiger partial charge on any atom is 0.375 e. The summed E-state index contributed by atoms with van der Waals surface area (Å²) in [6.07, 6.45) is -1.11. The second-order valence-electron chi connectivity index (χ2n) is 6.32. The van der Waals surface area contributed by atoms with E-state index in [0.717, 1.165) is 11.8 Å². The molecule has 0 fully saturated rings. The molecule has 146 valence electrons. The summed E-state index contributed by atoms with van der Waals surface area (Å²) in [5, 5.41) is 7.53. The topological polar surface area (TPSA) is 103 Å². The first kappa shape index (κ1) is 19.6. The van der Waals surface area contributed by atoms with Gasteiger partial charge in [-0.2, -0.15) is 5.10 Å². The van der Waals surface area contributed by atoms with Crippen molar-refractivity contribution in [3.05, 3.63) is 56.7 Å². The zero-order valence-corrected chi connectivity index (χ0v) is 16.5. The Morgan fingerprint density at radius 2 is 2.00 bits per heavy atom. The molecule has 0 radical (unpaired) electrons. The van der Waals surface area contributed by atoms with Crippen LogP contribution < -0.4 is 10.7 Å². The normalized spacial score (nSPS) is 12.0. The number of ether oxygens (including phenoxy) is 1. The van der Waals surface area contributed by atoms with Crippen molar-refractivity contribution >= 4 is 40.1 Å². The summed E-state index contributed by atoms with van der Waals surface area (Å²) >= 11 is 5.86. The molecule has 2 aromatic heterocycles. The highest BCUT2D eigenvalue weighted by molar-refractivity contribution is 6.31. The molecular weight excluding hydrogens is 386 g/mol. The average molecular weight is 404 g/mol. The molecule has 0 bridgehead atoms. The lowest BCUT2D eigenvalue weighted by Crippen LogP contribution is -2.30. The van der Waals surface area contributed by atoms with E-state index in [2.05, 4.69) is 10.4 Å². The van der Waals surface area contributed by atoms with Gasteiger partial charge >= 0.3 is 5.97 Å². The fraction of sp³-hybridized carbons (Fsp3) is 0.263. The Morgan fingerprint density at radius 1 is 1.29 bits per heavy atom. The summed E-state index contributed by atoms with van der Waals surface area (Å²) in [7, 11) is 1.76. The first-order valence-electron chi connectivity index (χ1n) is 8.43. The Kier molecular flexibility index (Phi) is 5.24. The highest BCUT2D eigenvalue weighted by atomic mass is 35.5. The van der Waals surface area contributed by atoms with Gasteiger partial charge in [-0.25, -0.2) is 4.79 Å². The third kappa shape index (κ3) is 3.77.